The maximum atomic E-state index is 12.2. The van der Waals surface area contributed by atoms with Gasteiger partial charge in [-0.1, -0.05) is 32.4 Å². The van der Waals surface area contributed by atoms with Crippen LogP contribution >= 0.6 is 0 Å². The first-order chi connectivity index (χ1) is 9.45. The molecular formula is C14H19N3O3. The van der Waals surface area contributed by atoms with E-state index in [9.17, 15) is 14.9 Å². The van der Waals surface area contributed by atoms with Gasteiger partial charge in [-0.2, -0.15) is 0 Å². The van der Waals surface area contributed by atoms with Gasteiger partial charge in [0.2, 0.25) is 5.91 Å². The van der Waals surface area contributed by atoms with Crippen LogP contribution in [0.4, 0.5) is 5.69 Å². The van der Waals surface area contributed by atoms with E-state index in [1.165, 1.54) is 12.1 Å². The van der Waals surface area contributed by atoms with Crippen LogP contribution in [0.1, 0.15) is 32.0 Å². The van der Waals surface area contributed by atoms with Gasteiger partial charge in [0.15, 0.2) is 0 Å². The number of rotatable bonds is 4. The molecule has 3 unspecified atom stereocenters. The Labute approximate surface area is 117 Å². The SMILES string of the molecule is CCC(C)C1NC(c2cccc([N+](=O)[O-])c2)N(C)C1=O. The fourth-order valence-electron chi connectivity index (χ4n) is 2.47. The molecule has 1 N–H and O–H groups in total. The summed E-state index contributed by atoms with van der Waals surface area (Å²) < 4.78 is 0. The molecule has 6 nitrogen and oxygen atoms in total. The normalized spacial score (nSPS) is 23.9. The molecule has 1 aromatic rings. The molecule has 20 heavy (non-hydrogen) atoms. The van der Waals surface area contributed by atoms with Gasteiger partial charge in [-0.3, -0.25) is 20.2 Å². The standard InChI is InChI=1S/C14H19N3O3/c1-4-9(2)12-14(18)16(3)13(15-12)10-6-5-7-11(8-10)17(19)20/h5-9,12-13,15H,4H2,1-3H3. The Kier molecular flexibility index (Phi) is 4.04. The Bertz CT molecular complexity index is 532. The first-order valence-corrected chi connectivity index (χ1v) is 6.72. The molecular weight excluding hydrogens is 258 g/mol. The van der Waals surface area contributed by atoms with Crippen molar-refractivity contribution < 1.29 is 9.72 Å². The molecule has 0 saturated carbocycles. The monoisotopic (exact) mass is 277 g/mol. The number of nitro groups is 1. The van der Waals surface area contributed by atoms with Gasteiger partial charge in [-0.25, -0.2) is 0 Å². The van der Waals surface area contributed by atoms with E-state index in [1.54, 1.807) is 24.1 Å². The average molecular weight is 277 g/mol. The van der Waals surface area contributed by atoms with Gasteiger partial charge >= 0.3 is 0 Å². The van der Waals surface area contributed by atoms with Gasteiger partial charge in [0.05, 0.1) is 11.0 Å². The van der Waals surface area contributed by atoms with Crippen molar-refractivity contribution in [1.29, 1.82) is 0 Å². The van der Waals surface area contributed by atoms with Crippen molar-refractivity contribution in [2.45, 2.75) is 32.5 Å². The molecule has 1 aliphatic heterocycles. The predicted octanol–water partition coefficient (Wildman–Crippen LogP) is 2.07. The highest BCUT2D eigenvalue weighted by Gasteiger charge is 2.39. The molecule has 0 aliphatic carbocycles. The summed E-state index contributed by atoms with van der Waals surface area (Å²) in [5, 5.41) is 14.1. The number of hydrogen-bond donors (Lipinski definition) is 1. The maximum Gasteiger partial charge on any atom is 0.269 e. The summed E-state index contributed by atoms with van der Waals surface area (Å²) in [5.41, 5.74) is 0.776. The molecule has 1 aromatic carbocycles. The number of nitrogens with one attached hydrogen (secondary N) is 1. The maximum absolute atomic E-state index is 12.2. The topological polar surface area (TPSA) is 75.5 Å². The Hall–Kier alpha value is -1.95. The number of nitrogens with zero attached hydrogens (tertiary/aromatic N) is 2. The van der Waals surface area contributed by atoms with Crippen molar-refractivity contribution in [3.05, 3.63) is 39.9 Å². The van der Waals surface area contributed by atoms with E-state index >= 15 is 0 Å². The van der Waals surface area contributed by atoms with Gasteiger partial charge in [-0.15, -0.1) is 0 Å². The lowest BCUT2D eigenvalue weighted by molar-refractivity contribution is -0.385. The van der Waals surface area contributed by atoms with Crippen LogP contribution in [0.15, 0.2) is 24.3 Å². The third-order valence-corrected chi connectivity index (χ3v) is 3.95. The van der Waals surface area contributed by atoms with Crippen LogP contribution in [-0.4, -0.2) is 28.8 Å². The minimum atomic E-state index is -0.424. The van der Waals surface area contributed by atoms with E-state index in [2.05, 4.69) is 5.32 Å². The molecule has 0 radical (unpaired) electrons. The first-order valence-electron chi connectivity index (χ1n) is 6.72. The molecule has 108 valence electrons. The highest BCUT2D eigenvalue weighted by atomic mass is 16.6. The summed E-state index contributed by atoms with van der Waals surface area (Å²) in [6, 6.07) is 6.18. The second-order valence-electron chi connectivity index (χ2n) is 5.23. The summed E-state index contributed by atoms with van der Waals surface area (Å²) in [7, 11) is 1.72. The molecule has 3 atom stereocenters. The molecule has 1 saturated heterocycles. The average Bonchev–Trinajstić information content (AvgIpc) is 2.75. The lowest BCUT2D eigenvalue weighted by atomic mass is 9.99. The molecule has 2 rings (SSSR count). The van der Waals surface area contributed by atoms with Crippen molar-refractivity contribution in [1.82, 2.24) is 10.2 Å². The number of hydrogen-bond acceptors (Lipinski definition) is 4. The number of non-ortho nitro benzene ring substituents is 1. The molecule has 1 fully saturated rings. The smallest absolute Gasteiger partial charge is 0.269 e. The van der Waals surface area contributed by atoms with Crippen LogP contribution in [0.5, 0.6) is 0 Å². The highest BCUT2D eigenvalue weighted by molar-refractivity contribution is 5.84. The Morgan fingerprint density at radius 2 is 2.20 bits per heavy atom. The van der Waals surface area contributed by atoms with E-state index in [-0.39, 0.29) is 29.7 Å². The van der Waals surface area contributed by atoms with E-state index in [1.807, 2.05) is 13.8 Å². The van der Waals surface area contributed by atoms with Crippen LogP contribution in [-0.2, 0) is 4.79 Å². The van der Waals surface area contributed by atoms with E-state index in [0.29, 0.717) is 0 Å². The van der Waals surface area contributed by atoms with Gasteiger partial charge in [0.1, 0.15) is 6.17 Å². The summed E-state index contributed by atoms with van der Waals surface area (Å²) in [6.45, 7) is 4.07. The number of benzene rings is 1. The van der Waals surface area contributed by atoms with Crippen molar-refractivity contribution >= 4 is 11.6 Å². The summed E-state index contributed by atoms with van der Waals surface area (Å²) in [5.74, 6) is 0.268. The van der Waals surface area contributed by atoms with Crippen molar-refractivity contribution in [3.8, 4) is 0 Å². The van der Waals surface area contributed by atoms with Crippen molar-refractivity contribution in [3.63, 3.8) is 0 Å². The van der Waals surface area contributed by atoms with Crippen LogP contribution in [0.25, 0.3) is 0 Å². The van der Waals surface area contributed by atoms with E-state index < -0.39 is 4.92 Å². The second-order valence-corrected chi connectivity index (χ2v) is 5.23. The van der Waals surface area contributed by atoms with Crippen LogP contribution in [0, 0.1) is 16.0 Å². The zero-order valence-electron chi connectivity index (χ0n) is 11.9. The van der Waals surface area contributed by atoms with Gasteiger partial charge < -0.3 is 4.90 Å². The molecule has 0 bridgehead atoms. The van der Waals surface area contributed by atoms with Crippen LogP contribution < -0.4 is 5.32 Å². The predicted molar refractivity (Wildman–Crippen MR) is 75.0 cm³/mol. The van der Waals surface area contributed by atoms with Crippen LogP contribution in [0.2, 0.25) is 0 Å². The fourth-order valence-corrected chi connectivity index (χ4v) is 2.47. The van der Waals surface area contributed by atoms with E-state index in [4.69, 9.17) is 0 Å². The van der Waals surface area contributed by atoms with Crippen molar-refractivity contribution in [2.24, 2.45) is 5.92 Å². The summed E-state index contributed by atoms with van der Waals surface area (Å²) in [6.07, 6.45) is 0.597. The number of amides is 1. The molecule has 1 aliphatic rings. The largest absolute Gasteiger partial charge is 0.325 e. The van der Waals surface area contributed by atoms with E-state index in [0.717, 1.165) is 12.0 Å². The summed E-state index contributed by atoms with van der Waals surface area (Å²) >= 11 is 0. The minimum Gasteiger partial charge on any atom is -0.325 e. The lowest BCUT2D eigenvalue weighted by Gasteiger charge is -2.19. The molecule has 1 amide bonds. The molecule has 1 heterocycles. The number of nitro benzene ring substituents is 1. The number of likely N-dealkylation sites (N-methyl/N-ethyl adjacent to an activating group) is 1. The fraction of sp³-hybridized carbons (Fsp3) is 0.500. The minimum absolute atomic E-state index is 0.0378. The molecule has 0 aromatic heterocycles. The van der Waals surface area contributed by atoms with Crippen molar-refractivity contribution in [2.75, 3.05) is 7.05 Å². The summed E-state index contributed by atoms with van der Waals surface area (Å²) in [4.78, 5) is 24.3. The third kappa shape index (κ3) is 2.51. The van der Waals surface area contributed by atoms with Gasteiger partial charge in [0, 0.05) is 19.2 Å². The third-order valence-electron chi connectivity index (χ3n) is 3.95. The number of carbonyl (C=O) groups is 1. The zero-order chi connectivity index (χ0) is 14.9. The molecule has 0 spiro atoms. The second kappa shape index (κ2) is 5.58. The highest BCUT2D eigenvalue weighted by Crippen LogP contribution is 2.29. The van der Waals surface area contributed by atoms with Gasteiger partial charge in [-0.05, 0) is 11.5 Å². The number of carbonyl (C=O) groups excluding carboxylic acids is 1. The Morgan fingerprint density at radius 3 is 2.80 bits per heavy atom. The lowest BCUT2D eigenvalue weighted by Crippen LogP contribution is -2.35. The molecule has 6 heteroatoms. The zero-order valence-corrected chi connectivity index (χ0v) is 11.9. The Balaban J connectivity index is 2.27. The quantitative estimate of drug-likeness (QED) is 0.675. The Morgan fingerprint density at radius 1 is 1.50 bits per heavy atom. The van der Waals surface area contributed by atoms with Crippen LogP contribution in [0.3, 0.4) is 0 Å². The first kappa shape index (κ1) is 14.5. The van der Waals surface area contributed by atoms with Gasteiger partial charge in [0.25, 0.3) is 5.69 Å².